The number of benzene rings is 2. The summed E-state index contributed by atoms with van der Waals surface area (Å²) in [6.07, 6.45) is 1.60. The lowest BCUT2D eigenvalue weighted by molar-refractivity contribution is -0.120. The van der Waals surface area contributed by atoms with Crippen LogP contribution in [-0.2, 0) is 14.4 Å². The summed E-state index contributed by atoms with van der Waals surface area (Å²) in [5.74, 6) is -1.06. The number of nitrogens with one attached hydrogen (secondary N) is 3. The molecule has 0 aliphatic carbocycles. The molecule has 3 amide bonds. The van der Waals surface area contributed by atoms with Crippen molar-refractivity contribution in [3.63, 3.8) is 0 Å². The highest BCUT2D eigenvalue weighted by Gasteiger charge is 2.13. The van der Waals surface area contributed by atoms with Crippen molar-refractivity contribution in [3.05, 3.63) is 65.9 Å². The van der Waals surface area contributed by atoms with E-state index in [1.54, 1.807) is 44.2 Å². The highest BCUT2D eigenvalue weighted by molar-refractivity contribution is 6.08. The molecule has 0 aliphatic rings. The number of hydrogen-bond donors (Lipinski definition) is 3. The quantitative estimate of drug-likeness (QED) is 0.686. The molecule has 2 rings (SSSR count). The number of carbonyl (C=O) groups is 3. The van der Waals surface area contributed by atoms with Crippen molar-refractivity contribution >= 4 is 35.2 Å². The lowest BCUT2D eigenvalue weighted by atomic mass is 10.2. The fraction of sp³-hybridized carbons (Fsp3) is 0.190. The van der Waals surface area contributed by atoms with Gasteiger partial charge in [0.25, 0.3) is 5.91 Å². The van der Waals surface area contributed by atoms with Crippen molar-refractivity contribution in [2.24, 2.45) is 5.92 Å². The summed E-state index contributed by atoms with van der Waals surface area (Å²) in [5.41, 5.74) is 2.00. The number of amides is 3. The van der Waals surface area contributed by atoms with Gasteiger partial charge in [-0.25, -0.2) is 0 Å². The average Bonchev–Trinajstić information content (AvgIpc) is 2.62. The van der Waals surface area contributed by atoms with Crippen LogP contribution in [0.4, 0.5) is 11.4 Å². The zero-order chi connectivity index (χ0) is 19.8. The molecule has 6 heteroatoms. The van der Waals surface area contributed by atoms with Gasteiger partial charge in [-0.3, -0.25) is 14.4 Å². The Kier molecular flexibility index (Phi) is 6.88. The highest BCUT2D eigenvalue weighted by Crippen LogP contribution is 2.17. The van der Waals surface area contributed by atoms with Crippen LogP contribution in [0.15, 0.2) is 60.3 Å². The molecule has 0 aromatic heterocycles. The van der Waals surface area contributed by atoms with Gasteiger partial charge in [-0.15, -0.1) is 0 Å². The fourth-order valence-electron chi connectivity index (χ4n) is 2.22. The predicted octanol–water partition coefficient (Wildman–Crippen LogP) is 3.40. The molecule has 0 bridgehead atoms. The minimum absolute atomic E-state index is 0.110. The number of carbonyl (C=O) groups excluding carboxylic acids is 3. The zero-order valence-electron chi connectivity index (χ0n) is 15.6. The van der Waals surface area contributed by atoms with Gasteiger partial charge in [0.1, 0.15) is 5.70 Å². The molecule has 140 valence electrons. The third-order valence-corrected chi connectivity index (χ3v) is 3.58. The first-order valence-electron chi connectivity index (χ1n) is 8.62. The Morgan fingerprint density at radius 3 is 2.11 bits per heavy atom. The first-order valence-corrected chi connectivity index (χ1v) is 8.62. The summed E-state index contributed by atoms with van der Waals surface area (Å²) in [6, 6.07) is 16.0. The minimum atomic E-state index is -0.457. The Bertz CT molecular complexity index is 858. The monoisotopic (exact) mass is 365 g/mol. The van der Waals surface area contributed by atoms with Gasteiger partial charge in [-0.05, 0) is 29.8 Å². The van der Waals surface area contributed by atoms with Gasteiger partial charge in [0, 0.05) is 24.2 Å². The summed E-state index contributed by atoms with van der Waals surface area (Å²) in [7, 11) is 0. The van der Waals surface area contributed by atoms with Crippen LogP contribution in [0.3, 0.4) is 0 Å². The second-order valence-electron chi connectivity index (χ2n) is 6.33. The second kappa shape index (κ2) is 9.33. The molecule has 0 unspecified atom stereocenters. The molecule has 2 aromatic carbocycles. The van der Waals surface area contributed by atoms with E-state index in [2.05, 4.69) is 16.0 Å². The third-order valence-electron chi connectivity index (χ3n) is 3.58. The summed E-state index contributed by atoms with van der Waals surface area (Å²) in [6.45, 7) is 4.94. The minimum Gasteiger partial charge on any atom is -0.326 e. The van der Waals surface area contributed by atoms with Crippen LogP contribution >= 0.6 is 0 Å². The van der Waals surface area contributed by atoms with Gasteiger partial charge in [-0.2, -0.15) is 0 Å². The number of anilines is 2. The van der Waals surface area contributed by atoms with E-state index in [1.807, 2.05) is 30.3 Å². The average molecular weight is 365 g/mol. The molecule has 0 saturated heterocycles. The second-order valence-corrected chi connectivity index (χ2v) is 6.33. The highest BCUT2D eigenvalue weighted by atomic mass is 16.2. The lowest BCUT2D eigenvalue weighted by Crippen LogP contribution is -2.29. The van der Waals surface area contributed by atoms with Crippen molar-refractivity contribution in [3.8, 4) is 0 Å². The van der Waals surface area contributed by atoms with Crippen LogP contribution in [-0.4, -0.2) is 17.7 Å². The van der Waals surface area contributed by atoms with E-state index in [9.17, 15) is 14.4 Å². The van der Waals surface area contributed by atoms with Gasteiger partial charge >= 0.3 is 0 Å². The topological polar surface area (TPSA) is 87.3 Å². The van der Waals surface area contributed by atoms with Gasteiger partial charge in [-0.1, -0.05) is 50.2 Å². The Labute approximate surface area is 158 Å². The van der Waals surface area contributed by atoms with E-state index < -0.39 is 5.91 Å². The predicted molar refractivity (Wildman–Crippen MR) is 107 cm³/mol. The van der Waals surface area contributed by atoms with E-state index in [-0.39, 0.29) is 23.4 Å². The molecule has 3 N–H and O–H groups in total. The van der Waals surface area contributed by atoms with Crippen molar-refractivity contribution in [1.82, 2.24) is 5.32 Å². The molecule has 0 heterocycles. The normalized spacial score (nSPS) is 11.0. The molecule has 6 nitrogen and oxygen atoms in total. The standard InChI is InChI=1S/C21H23N3O3/c1-14(2)20(26)23-17-10-7-11-18(13-17)24-21(27)19(22-15(3)25)12-16-8-5-4-6-9-16/h4-14H,1-3H3,(H,22,25)(H,23,26)(H,24,27)/b19-12-. The Balaban J connectivity index is 2.18. The Morgan fingerprint density at radius 1 is 0.889 bits per heavy atom. The van der Waals surface area contributed by atoms with E-state index in [0.29, 0.717) is 11.4 Å². The smallest absolute Gasteiger partial charge is 0.272 e. The maximum atomic E-state index is 12.6. The van der Waals surface area contributed by atoms with Crippen LogP contribution in [0, 0.1) is 5.92 Å². The molecule has 0 aliphatic heterocycles. The van der Waals surface area contributed by atoms with Crippen LogP contribution in [0.5, 0.6) is 0 Å². The van der Waals surface area contributed by atoms with Crippen molar-refractivity contribution in [2.75, 3.05) is 10.6 Å². The van der Waals surface area contributed by atoms with Crippen molar-refractivity contribution in [1.29, 1.82) is 0 Å². The summed E-state index contributed by atoms with van der Waals surface area (Å²) >= 11 is 0. The van der Waals surface area contributed by atoms with E-state index in [4.69, 9.17) is 0 Å². The molecule has 0 atom stereocenters. The van der Waals surface area contributed by atoms with E-state index in [1.165, 1.54) is 6.92 Å². The third kappa shape index (κ3) is 6.43. The van der Waals surface area contributed by atoms with Gasteiger partial charge in [0.15, 0.2) is 0 Å². The number of rotatable bonds is 6. The van der Waals surface area contributed by atoms with E-state index in [0.717, 1.165) is 5.56 Å². The molecule has 0 saturated carbocycles. The fourth-order valence-corrected chi connectivity index (χ4v) is 2.22. The Morgan fingerprint density at radius 2 is 1.52 bits per heavy atom. The van der Waals surface area contributed by atoms with Crippen molar-refractivity contribution in [2.45, 2.75) is 20.8 Å². The van der Waals surface area contributed by atoms with Crippen LogP contribution < -0.4 is 16.0 Å². The van der Waals surface area contributed by atoms with Crippen molar-refractivity contribution < 1.29 is 14.4 Å². The largest absolute Gasteiger partial charge is 0.326 e. The Hall–Kier alpha value is -3.41. The first-order chi connectivity index (χ1) is 12.8. The van der Waals surface area contributed by atoms with Gasteiger partial charge < -0.3 is 16.0 Å². The van der Waals surface area contributed by atoms with Gasteiger partial charge in [0.05, 0.1) is 0 Å². The van der Waals surface area contributed by atoms with E-state index >= 15 is 0 Å². The van der Waals surface area contributed by atoms with Gasteiger partial charge in [0.2, 0.25) is 11.8 Å². The molecular formula is C21H23N3O3. The molecular weight excluding hydrogens is 342 g/mol. The van der Waals surface area contributed by atoms with Crippen LogP contribution in [0.2, 0.25) is 0 Å². The first kappa shape index (κ1) is 19.9. The van der Waals surface area contributed by atoms with Crippen LogP contribution in [0.1, 0.15) is 26.3 Å². The summed E-state index contributed by atoms with van der Waals surface area (Å²) < 4.78 is 0. The SMILES string of the molecule is CC(=O)N/C(=C\c1ccccc1)C(=O)Nc1cccc(NC(=O)C(C)C)c1. The molecule has 0 radical (unpaired) electrons. The lowest BCUT2D eigenvalue weighted by Gasteiger charge is -2.12. The molecule has 27 heavy (non-hydrogen) atoms. The molecule has 0 spiro atoms. The summed E-state index contributed by atoms with van der Waals surface area (Å²) in [5, 5.41) is 8.07. The maximum Gasteiger partial charge on any atom is 0.272 e. The number of hydrogen-bond acceptors (Lipinski definition) is 3. The summed E-state index contributed by atoms with van der Waals surface area (Å²) in [4.78, 5) is 35.9. The zero-order valence-corrected chi connectivity index (χ0v) is 15.6. The molecule has 2 aromatic rings. The van der Waals surface area contributed by atoms with Crippen LogP contribution in [0.25, 0.3) is 6.08 Å². The molecule has 0 fully saturated rings. The maximum absolute atomic E-state index is 12.6.